The van der Waals surface area contributed by atoms with Crippen LogP contribution < -0.4 is 0 Å². The predicted molar refractivity (Wildman–Crippen MR) is 111 cm³/mol. The van der Waals surface area contributed by atoms with Gasteiger partial charge in [-0.3, -0.25) is 9.59 Å². The number of hydrogen-bond acceptors (Lipinski definition) is 5. The van der Waals surface area contributed by atoms with Gasteiger partial charge in [-0.05, 0) is 79.6 Å². The van der Waals surface area contributed by atoms with Crippen LogP contribution in [0.15, 0.2) is 11.6 Å². The minimum Gasteiger partial charge on any atom is -0.458 e. The molecule has 0 bridgehead atoms. The molecule has 5 nitrogen and oxygen atoms in total. The van der Waals surface area contributed by atoms with Crippen LogP contribution in [0.3, 0.4) is 0 Å². The van der Waals surface area contributed by atoms with Crippen LogP contribution in [0.1, 0.15) is 72.1 Å². The number of hydrogen-bond donors (Lipinski definition) is 0. The average Bonchev–Trinajstić information content (AvgIpc) is 3.31. The molecule has 1 saturated heterocycles. The molecule has 6 atom stereocenters. The third kappa shape index (κ3) is 3.02. The Morgan fingerprint density at radius 3 is 2.53 bits per heavy atom. The summed E-state index contributed by atoms with van der Waals surface area (Å²) in [4.78, 5) is 24.1. The molecule has 5 rings (SSSR count). The molecule has 1 spiro atoms. The Balaban J connectivity index is 1.36. The van der Waals surface area contributed by atoms with Gasteiger partial charge in [-0.25, -0.2) is 0 Å². The van der Waals surface area contributed by atoms with Crippen molar-refractivity contribution >= 4 is 11.8 Å². The number of fused-ring (bicyclic) bond motifs is 5. The molecule has 0 aromatic heterocycles. The smallest absolute Gasteiger partial charge is 0.303 e. The van der Waals surface area contributed by atoms with Gasteiger partial charge in [0.15, 0.2) is 11.6 Å². The van der Waals surface area contributed by atoms with Gasteiger partial charge in [0.2, 0.25) is 0 Å². The standard InChI is InChI=1S/C25H36O5/c1-16(26)28-15-22(27)21-7-6-19-18-5-4-17-14-25(29-12-13-30-25)11-10-23(17,2)20(18)8-9-24(19,21)3/h14,18-21H,4-13,15H2,1-3H3/t18?,19?,20?,21?,23-,24-/m0/s1. The Bertz CT molecular complexity index is 766. The van der Waals surface area contributed by atoms with E-state index < -0.39 is 5.79 Å². The zero-order valence-corrected chi connectivity index (χ0v) is 18.7. The number of ether oxygens (including phenoxy) is 3. The van der Waals surface area contributed by atoms with E-state index in [2.05, 4.69) is 19.9 Å². The van der Waals surface area contributed by atoms with E-state index in [4.69, 9.17) is 14.2 Å². The second-order valence-corrected chi connectivity index (χ2v) is 10.9. The van der Waals surface area contributed by atoms with E-state index in [0.717, 1.165) is 38.5 Å². The number of allylic oxidation sites excluding steroid dienone is 1. The summed E-state index contributed by atoms with van der Waals surface area (Å²) in [5.41, 5.74) is 1.86. The second-order valence-electron chi connectivity index (χ2n) is 10.9. The van der Waals surface area contributed by atoms with E-state index in [0.29, 0.717) is 31.0 Å². The van der Waals surface area contributed by atoms with Crippen molar-refractivity contribution in [3.63, 3.8) is 0 Å². The van der Waals surface area contributed by atoms with Crippen LogP contribution >= 0.6 is 0 Å². The molecule has 0 aromatic carbocycles. The summed E-state index contributed by atoms with van der Waals surface area (Å²) in [6.07, 6.45) is 11.2. The van der Waals surface area contributed by atoms with Crippen molar-refractivity contribution in [3.05, 3.63) is 11.6 Å². The fourth-order valence-electron chi connectivity index (χ4n) is 8.18. The van der Waals surface area contributed by atoms with Crippen molar-refractivity contribution in [1.29, 1.82) is 0 Å². The molecule has 0 radical (unpaired) electrons. The van der Waals surface area contributed by atoms with Crippen LogP contribution in [0.2, 0.25) is 0 Å². The fraction of sp³-hybridized carbons (Fsp3) is 0.840. The molecule has 4 aliphatic carbocycles. The van der Waals surface area contributed by atoms with E-state index >= 15 is 0 Å². The highest BCUT2D eigenvalue weighted by Crippen LogP contribution is 2.67. The summed E-state index contributed by atoms with van der Waals surface area (Å²) in [5.74, 6) is 1.35. The lowest BCUT2D eigenvalue weighted by Gasteiger charge is -2.59. The molecule has 1 aliphatic heterocycles. The summed E-state index contributed by atoms with van der Waals surface area (Å²) in [7, 11) is 0. The third-order valence-corrected chi connectivity index (χ3v) is 9.71. The Kier molecular flexibility index (Phi) is 4.94. The Labute approximate surface area is 179 Å². The maximum Gasteiger partial charge on any atom is 0.303 e. The van der Waals surface area contributed by atoms with Gasteiger partial charge in [0.25, 0.3) is 0 Å². The van der Waals surface area contributed by atoms with Gasteiger partial charge in [-0.2, -0.15) is 0 Å². The lowest BCUT2D eigenvalue weighted by Crippen LogP contribution is -2.52. The maximum atomic E-state index is 12.9. The highest BCUT2D eigenvalue weighted by Gasteiger charge is 2.61. The number of carbonyl (C=O) groups excluding carboxylic acids is 2. The zero-order chi connectivity index (χ0) is 21.1. The van der Waals surface area contributed by atoms with Crippen molar-refractivity contribution in [2.45, 2.75) is 77.9 Å². The van der Waals surface area contributed by atoms with Crippen molar-refractivity contribution < 1.29 is 23.8 Å². The van der Waals surface area contributed by atoms with Crippen molar-refractivity contribution in [2.24, 2.45) is 34.5 Å². The monoisotopic (exact) mass is 416 g/mol. The first-order chi connectivity index (χ1) is 14.3. The van der Waals surface area contributed by atoms with Crippen molar-refractivity contribution in [2.75, 3.05) is 19.8 Å². The van der Waals surface area contributed by atoms with Crippen molar-refractivity contribution in [1.82, 2.24) is 0 Å². The number of Topliss-reactive ketones (excluding diaryl/α,β-unsaturated/α-hetero) is 1. The quantitative estimate of drug-likeness (QED) is 0.503. The van der Waals surface area contributed by atoms with Gasteiger partial charge < -0.3 is 14.2 Å². The summed E-state index contributed by atoms with van der Waals surface area (Å²) in [5, 5.41) is 0. The van der Waals surface area contributed by atoms with Crippen molar-refractivity contribution in [3.8, 4) is 0 Å². The molecule has 0 N–H and O–H groups in total. The molecule has 4 fully saturated rings. The predicted octanol–water partition coefficient (Wildman–Crippen LogP) is 4.44. The van der Waals surface area contributed by atoms with Gasteiger partial charge in [0, 0.05) is 19.3 Å². The SMILES string of the molecule is CC(=O)OCC(=O)C1CCC2C3CCC4=CC5(CC[C@]4(C)C3CC[C@]12C)OCCO5. The van der Waals surface area contributed by atoms with Crippen LogP contribution in [0.25, 0.3) is 0 Å². The first kappa shape index (κ1) is 20.7. The number of rotatable bonds is 3. The summed E-state index contributed by atoms with van der Waals surface area (Å²) < 4.78 is 17.1. The number of esters is 1. The maximum absolute atomic E-state index is 12.9. The first-order valence-corrected chi connectivity index (χ1v) is 11.9. The van der Waals surface area contributed by atoms with Gasteiger partial charge in [0.05, 0.1) is 13.2 Å². The first-order valence-electron chi connectivity index (χ1n) is 11.9. The van der Waals surface area contributed by atoms with E-state index in [9.17, 15) is 9.59 Å². The lowest BCUT2D eigenvalue weighted by molar-refractivity contribution is -0.151. The summed E-state index contributed by atoms with van der Waals surface area (Å²) in [6.45, 7) is 7.56. The molecular weight excluding hydrogens is 380 g/mol. The molecule has 0 amide bonds. The van der Waals surface area contributed by atoms with E-state index in [-0.39, 0.29) is 35.1 Å². The Morgan fingerprint density at radius 2 is 1.80 bits per heavy atom. The van der Waals surface area contributed by atoms with E-state index in [1.54, 1.807) is 5.57 Å². The van der Waals surface area contributed by atoms with Crippen LogP contribution in [-0.4, -0.2) is 37.4 Å². The summed E-state index contributed by atoms with van der Waals surface area (Å²) >= 11 is 0. The molecule has 5 heteroatoms. The molecule has 4 unspecified atom stereocenters. The topological polar surface area (TPSA) is 61.8 Å². The Morgan fingerprint density at radius 1 is 1.03 bits per heavy atom. The molecule has 166 valence electrons. The zero-order valence-electron chi connectivity index (χ0n) is 18.7. The molecule has 1 heterocycles. The number of ketones is 1. The molecule has 5 aliphatic rings. The highest BCUT2D eigenvalue weighted by molar-refractivity contribution is 5.85. The minimum absolute atomic E-state index is 0.0439. The Hall–Kier alpha value is -1.20. The fourth-order valence-corrected chi connectivity index (χ4v) is 8.18. The van der Waals surface area contributed by atoms with E-state index in [1.807, 2.05) is 0 Å². The molecule has 0 aromatic rings. The lowest BCUT2D eigenvalue weighted by atomic mass is 9.46. The molecule has 3 saturated carbocycles. The minimum atomic E-state index is -0.452. The van der Waals surface area contributed by atoms with Gasteiger partial charge in [-0.1, -0.05) is 19.4 Å². The largest absolute Gasteiger partial charge is 0.458 e. The second kappa shape index (κ2) is 7.16. The van der Waals surface area contributed by atoms with Gasteiger partial charge in [0.1, 0.15) is 6.61 Å². The van der Waals surface area contributed by atoms with Crippen LogP contribution in [-0.2, 0) is 23.8 Å². The van der Waals surface area contributed by atoms with E-state index in [1.165, 1.54) is 19.8 Å². The normalized spacial score (nSPS) is 44.0. The van der Waals surface area contributed by atoms with Crippen LogP contribution in [0, 0.1) is 34.5 Å². The average molecular weight is 417 g/mol. The molecule has 30 heavy (non-hydrogen) atoms. The summed E-state index contributed by atoms with van der Waals surface area (Å²) in [6, 6.07) is 0. The highest BCUT2D eigenvalue weighted by atomic mass is 16.7. The van der Waals surface area contributed by atoms with Gasteiger partial charge >= 0.3 is 5.97 Å². The van der Waals surface area contributed by atoms with Crippen LogP contribution in [0.4, 0.5) is 0 Å². The number of carbonyl (C=O) groups is 2. The van der Waals surface area contributed by atoms with Crippen LogP contribution in [0.5, 0.6) is 0 Å². The molecular formula is C25H36O5. The van der Waals surface area contributed by atoms with Gasteiger partial charge in [-0.15, -0.1) is 0 Å². The third-order valence-electron chi connectivity index (χ3n) is 9.71.